The number of unbranched alkanes of at least 4 members (excludes halogenated alkanes) is 9. The quantitative estimate of drug-likeness (QED) is 0.408. The molecule has 2 nitrogen and oxygen atoms in total. The lowest BCUT2D eigenvalue weighted by Crippen LogP contribution is -2.38. The van der Waals surface area contributed by atoms with Crippen LogP contribution in [0.3, 0.4) is 0 Å². The molecule has 0 bridgehead atoms. The second-order valence-electron chi connectivity index (χ2n) is 6.66. The van der Waals surface area contributed by atoms with E-state index >= 15 is 0 Å². The standard InChI is InChI=1S/C18H36O2S/c1-2-3-4-5-6-7-8-9-10-13-16-21(20)18-15-12-11-14-17(18)19/h17-19H,2-16H2,1H3/t17?,18?,21-/m0/s1. The van der Waals surface area contributed by atoms with E-state index in [-0.39, 0.29) is 11.4 Å². The van der Waals surface area contributed by atoms with Gasteiger partial charge >= 0.3 is 0 Å². The van der Waals surface area contributed by atoms with Crippen LogP contribution in [0.1, 0.15) is 96.8 Å². The molecule has 2 unspecified atom stereocenters. The summed E-state index contributed by atoms with van der Waals surface area (Å²) >= 11 is -0.799. The van der Waals surface area contributed by atoms with Crippen molar-refractivity contribution in [2.45, 2.75) is 108 Å². The van der Waals surface area contributed by atoms with Crippen LogP contribution in [-0.2, 0) is 11.2 Å². The fourth-order valence-corrected chi connectivity index (χ4v) is 4.97. The molecule has 126 valence electrons. The molecular weight excluding hydrogens is 280 g/mol. The highest BCUT2D eigenvalue weighted by molar-refractivity contribution is 7.92. The fourth-order valence-electron chi connectivity index (χ4n) is 3.27. The first-order valence-electron chi connectivity index (χ1n) is 9.31. The summed E-state index contributed by atoms with van der Waals surface area (Å²) in [5, 5.41) is 9.97. The Bertz CT molecular complexity index is 235. The summed E-state index contributed by atoms with van der Waals surface area (Å²) in [4.78, 5) is 0. The Labute approximate surface area is 135 Å². The SMILES string of the molecule is CCCCCCCCCCCC[S@+]([O-])C1CCCCC1O. The Morgan fingerprint density at radius 1 is 0.857 bits per heavy atom. The molecule has 0 aliphatic heterocycles. The van der Waals surface area contributed by atoms with Gasteiger partial charge in [-0.2, -0.15) is 0 Å². The van der Waals surface area contributed by atoms with Gasteiger partial charge in [-0.25, -0.2) is 0 Å². The highest BCUT2D eigenvalue weighted by Gasteiger charge is 2.32. The predicted molar refractivity (Wildman–Crippen MR) is 93.1 cm³/mol. The summed E-state index contributed by atoms with van der Waals surface area (Å²) in [6.45, 7) is 2.26. The van der Waals surface area contributed by atoms with Crippen LogP contribution in [0.5, 0.6) is 0 Å². The van der Waals surface area contributed by atoms with Crippen LogP contribution in [0.25, 0.3) is 0 Å². The first kappa shape index (κ1) is 19.3. The minimum atomic E-state index is -0.799. The maximum Gasteiger partial charge on any atom is 0.141 e. The third-order valence-corrected chi connectivity index (χ3v) is 6.62. The average molecular weight is 317 g/mol. The smallest absolute Gasteiger partial charge is 0.141 e. The zero-order valence-corrected chi connectivity index (χ0v) is 14.8. The van der Waals surface area contributed by atoms with E-state index in [1.54, 1.807) is 0 Å². The Balaban J connectivity index is 1.89. The molecule has 21 heavy (non-hydrogen) atoms. The van der Waals surface area contributed by atoms with Crippen molar-refractivity contribution in [2.75, 3.05) is 5.75 Å². The first-order chi connectivity index (χ1) is 10.3. The van der Waals surface area contributed by atoms with Gasteiger partial charge in [0.2, 0.25) is 0 Å². The van der Waals surface area contributed by atoms with Gasteiger partial charge in [0.05, 0.1) is 0 Å². The molecular formula is C18H36O2S. The van der Waals surface area contributed by atoms with Gasteiger partial charge in [-0.1, -0.05) is 64.7 Å². The Morgan fingerprint density at radius 3 is 1.95 bits per heavy atom. The summed E-state index contributed by atoms with van der Waals surface area (Å²) in [7, 11) is 0. The van der Waals surface area contributed by atoms with E-state index < -0.39 is 11.2 Å². The van der Waals surface area contributed by atoms with E-state index in [9.17, 15) is 9.66 Å². The van der Waals surface area contributed by atoms with E-state index in [2.05, 4.69) is 6.92 Å². The Hall–Kier alpha value is 0.270. The van der Waals surface area contributed by atoms with Gasteiger partial charge < -0.3 is 9.66 Å². The van der Waals surface area contributed by atoms with Crippen molar-refractivity contribution >= 4 is 11.2 Å². The van der Waals surface area contributed by atoms with Gasteiger partial charge in [-0.3, -0.25) is 0 Å². The molecule has 3 atom stereocenters. The van der Waals surface area contributed by atoms with Crippen LogP contribution < -0.4 is 0 Å². The van der Waals surface area contributed by atoms with Crippen LogP contribution >= 0.6 is 0 Å². The van der Waals surface area contributed by atoms with Crippen molar-refractivity contribution in [3.63, 3.8) is 0 Å². The van der Waals surface area contributed by atoms with Crippen LogP contribution in [0.2, 0.25) is 0 Å². The zero-order valence-electron chi connectivity index (χ0n) is 14.0. The third kappa shape index (κ3) is 9.10. The topological polar surface area (TPSA) is 43.3 Å². The highest BCUT2D eigenvalue weighted by Crippen LogP contribution is 2.25. The van der Waals surface area contributed by atoms with Gasteiger partial charge in [0, 0.05) is 0 Å². The van der Waals surface area contributed by atoms with Crippen molar-refractivity contribution in [3.05, 3.63) is 0 Å². The van der Waals surface area contributed by atoms with E-state index in [4.69, 9.17) is 0 Å². The normalized spacial score (nSPS) is 24.1. The molecule has 0 amide bonds. The number of rotatable bonds is 12. The summed E-state index contributed by atoms with van der Waals surface area (Å²) in [6, 6.07) is 0. The molecule has 0 heterocycles. The molecule has 0 radical (unpaired) electrons. The van der Waals surface area contributed by atoms with Crippen LogP contribution in [0.4, 0.5) is 0 Å². The molecule has 0 spiro atoms. The van der Waals surface area contributed by atoms with Crippen molar-refractivity contribution in [1.29, 1.82) is 0 Å². The average Bonchev–Trinajstić information content (AvgIpc) is 2.49. The molecule has 0 aromatic carbocycles. The van der Waals surface area contributed by atoms with Gasteiger partial charge in [0.25, 0.3) is 0 Å². The summed E-state index contributed by atoms with van der Waals surface area (Å²) in [5.41, 5.74) is 0. The molecule has 1 saturated carbocycles. The third-order valence-electron chi connectivity index (χ3n) is 4.70. The lowest BCUT2D eigenvalue weighted by atomic mass is 9.97. The molecule has 1 N–H and O–H groups in total. The summed E-state index contributed by atoms with van der Waals surface area (Å²) < 4.78 is 12.2. The van der Waals surface area contributed by atoms with Crippen molar-refractivity contribution in [2.24, 2.45) is 0 Å². The van der Waals surface area contributed by atoms with Crippen molar-refractivity contribution < 1.29 is 9.66 Å². The second-order valence-corrected chi connectivity index (χ2v) is 8.43. The fraction of sp³-hybridized carbons (Fsp3) is 1.00. The maximum atomic E-state index is 12.2. The van der Waals surface area contributed by atoms with Crippen molar-refractivity contribution in [3.8, 4) is 0 Å². The van der Waals surface area contributed by atoms with Crippen molar-refractivity contribution in [1.82, 2.24) is 0 Å². The zero-order chi connectivity index (χ0) is 15.3. The number of hydrogen-bond acceptors (Lipinski definition) is 2. The second kappa shape index (κ2) is 12.8. The minimum Gasteiger partial charge on any atom is -0.616 e. The van der Waals surface area contributed by atoms with Gasteiger partial charge in [0.15, 0.2) is 0 Å². The van der Waals surface area contributed by atoms with Crippen LogP contribution in [0, 0.1) is 0 Å². The summed E-state index contributed by atoms with van der Waals surface area (Å²) in [6.07, 6.45) is 17.0. The molecule has 1 fully saturated rings. The molecule has 1 aliphatic carbocycles. The largest absolute Gasteiger partial charge is 0.616 e. The van der Waals surface area contributed by atoms with Crippen LogP contribution in [-0.4, -0.2) is 26.8 Å². The van der Waals surface area contributed by atoms with Crippen LogP contribution in [0.15, 0.2) is 0 Å². The molecule has 1 rings (SSSR count). The Morgan fingerprint density at radius 2 is 1.38 bits per heavy atom. The number of hydrogen-bond donors (Lipinski definition) is 1. The van der Waals surface area contributed by atoms with E-state index in [0.717, 1.165) is 37.9 Å². The van der Waals surface area contributed by atoms with E-state index in [1.165, 1.54) is 57.8 Å². The van der Waals surface area contributed by atoms with Gasteiger partial charge in [0.1, 0.15) is 17.1 Å². The van der Waals surface area contributed by atoms with E-state index in [0.29, 0.717) is 0 Å². The molecule has 0 aromatic heterocycles. The number of aliphatic hydroxyl groups is 1. The highest BCUT2D eigenvalue weighted by atomic mass is 32.2. The summed E-state index contributed by atoms with van der Waals surface area (Å²) in [5.74, 6) is 0.804. The Kier molecular flexibility index (Phi) is 11.8. The lowest BCUT2D eigenvalue weighted by molar-refractivity contribution is 0.133. The van der Waals surface area contributed by atoms with Gasteiger partial charge in [-0.15, -0.1) is 0 Å². The maximum absolute atomic E-state index is 12.2. The number of aliphatic hydroxyl groups excluding tert-OH is 1. The first-order valence-corrected chi connectivity index (χ1v) is 10.7. The molecule has 0 saturated heterocycles. The molecule has 3 heteroatoms. The van der Waals surface area contributed by atoms with Gasteiger partial charge in [-0.05, 0) is 43.3 Å². The monoisotopic (exact) mass is 316 g/mol. The minimum absolute atomic E-state index is 0.0670. The van der Waals surface area contributed by atoms with E-state index in [1.807, 2.05) is 0 Å². The molecule has 1 aliphatic rings. The lowest BCUT2D eigenvalue weighted by Gasteiger charge is -2.29. The molecule has 0 aromatic rings. The predicted octanol–water partition coefficient (Wildman–Crippen LogP) is 4.96.